The van der Waals surface area contributed by atoms with Crippen molar-refractivity contribution in [3.63, 3.8) is 0 Å². The molecule has 1 amide bonds. The number of nitrogens with one attached hydrogen (secondary N) is 1. The summed E-state index contributed by atoms with van der Waals surface area (Å²) in [6.07, 6.45) is 0.533. The lowest BCUT2D eigenvalue weighted by atomic mass is 9.78. The van der Waals surface area contributed by atoms with E-state index in [4.69, 9.17) is 4.74 Å². The molecule has 0 spiro atoms. The van der Waals surface area contributed by atoms with Gasteiger partial charge in [0.2, 0.25) is 0 Å². The van der Waals surface area contributed by atoms with Gasteiger partial charge in [-0.15, -0.1) is 0 Å². The quantitative estimate of drug-likeness (QED) is 0.878. The minimum atomic E-state index is -1.61. The number of carbonyl (C=O) groups excluding carboxylic acids is 1. The molecule has 1 aromatic carbocycles. The van der Waals surface area contributed by atoms with Crippen LogP contribution in [0.3, 0.4) is 0 Å². The largest absolute Gasteiger partial charge is 0.375 e. The molecular weight excluding hydrogens is 268 g/mol. The number of benzene rings is 1. The van der Waals surface area contributed by atoms with Crippen LogP contribution < -0.4 is 5.32 Å². The number of fused-ring (bicyclic) bond motifs is 1. The molecule has 0 aliphatic carbocycles. The van der Waals surface area contributed by atoms with Crippen molar-refractivity contribution in [1.29, 1.82) is 0 Å². The van der Waals surface area contributed by atoms with Crippen LogP contribution in [0.5, 0.6) is 0 Å². The number of methoxy groups -OCH3 is 1. The van der Waals surface area contributed by atoms with Gasteiger partial charge in [-0.05, 0) is 30.7 Å². The van der Waals surface area contributed by atoms with Crippen molar-refractivity contribution in [3.8, 4) is 0 Å². The standard InChI is InChI=1S/C16H16N2O3/c1-10-6-5-7-11-13(10)16(20,12-8-3-4-9-17-12)14(21-2)15(19)18-11/h3-9,14,20H,1-2H3,(H,18,19). The fourth-order valence-electron chi connectivity index (χ4n) is 2.93. The molecule has 0 saturated carbocycles. The average Bonchev–Trinajstić information content (AvgIpc) is 2.48. The lowest BCUT2D eigenvalue weighted by Crippen LogP contribution is -2.53. The van der Waals surface area contributed by atoms with Crippen LogP contribution in [0, 0.1) is 6.92 Å². The molecule has 1 aliphatic rings. The maximum atomic E-state index is 12.3. The summed E-state index contributed by atoms with van der Waals surface area (Å²) in [7, 11) is 1.40. The molecular formula is C16H16N2O3. The third-order valence-corrected chi connectivity index (χ3v) is 3.82. The molecule has 1 aliphatic heterocycles. The van der Waals surface area contributed by atoms with E-state index in [-0.39, 0.29) is 5.91 Å². The van der Waals surface area contributed by atoms with E-state index in [9.17, 15) is 9.90 Å². The van der Waals surface area contributed by atoms with Crippen LogP contribution in [-0.2, 0) is 15.1 Å². The van der Waals surface area contributed by atoms with Crippen molar-refractivity contribution in [2.45, 2.75) is 18.6 Å². The zero-order valence-corrected chi connectivity index (χ0v) is 11.8. The Morgan fingerprint density at radius 1 is 1.29 bits per heavy atom. The molecule has 3 rings (SSSR count). The maximum absolute atomic E-state index is 12.3. The van der Waals surface area contributed by atoms with Gasteiger partial charge in [-0.3, -0.25) is 9.78 Å². The topological polar surface area (TPSA) is 71.5 Å². The molecule has 21 heavy (non-hydrogen) atoms. The predicted molar refractivity (Wildman–Crippen MR) is 77.8 cm³/mol. The number of hydrogen-bond donors (Lipinski definition) is 2. The Hall–Kier alpha value is -2.24. The summed E-state index contributed by atoms with van der Waals surface area (Å²) in [4.78, 5) is 16.5. The summed E-state index contributed by atoms with van der Waals surface area (Å²) in [6, 6.07) is 10.7. The zero-order chi connectivity index (χ0) is 15.0. The molecule has 5 heteroatoms. The minimum absolute atomic E-state index is 0.385. The van der Waals surface area contributed by atoms with E-state index in [1.807, 2.05) is 19.1 Å². The number of nitrogens with zero attached hydrogens (tertiary/aromatic N) is 1. The number of aromatic nitrogens is 1. The summed E-state index contributed by atoms with van der Waals surface area (Å²) in [5.74, 6) is -0.385. The van der Waals surface area contributed by atoms with Crippen LogP contribution in [0.4, 0.5) is 5.69 Å². The normalized spacial score (nSPS) is 24.3. The summed E-state index contributed by atoms with van der Waals surface area (Å²) in [5, 5.41) is 14.1. The van der Waals surface area contributed by atoms with Gasteiger partial charge in [0.05, 0.1) is 5.69 Å². The number of rotatable bonds is 2. The van der Waals surface area contributed by atoms with Crippen LogP contribution in [0.2, 0.25) is 0 Å². The SMILES string of the molecule is COC1C(=O)Nc2cccc(C)c2C1(O)c1ccccn1. The van der Waals surface area contributed by atoms with Crippen molar-refractivity contribution >= 4 is 11.6 Å². The molecule has 2 aromatic rings. The number of carbonyl (C=O) groups is 1. The number of anilines is 1. The molecule has 0 radical (unpaired) electrons. The lowest BCUT2D eigenvalue weighted by molar-refractivity contribution is -0.142. The molecule has 108 valence electrons. The lowest BCUT2D eigenvalue weighted by Gasteiger charge is -2.40. The highest BCUT2D eigenvalue weighted by Crippen LogP contribution is 2.42. The van der Waals surface area contributed by atoms with Crippen molar-refractivity contribution in [2.24, 2.45) is 0 Å². The van der Waals surface area contributed by atoms with Gasteiger partial charge in [0.1, 0.15) is 0 Å². The molecule has 2 atom stereocenters. The van der Waals surface area contributed by atoms with E-state index < -0.39 is 11.7 Å². The van der Waals surface area contributed by atoms with Crippen molar-refractivity contribution in [1.82, 2.24) is 4.98 Å². The third-order valence-electron chi connectivity index (χ3n) is 3.82. The Morgan fingerprint density at radius 2 is 2.10 bits per heavy atom. The van der Waals surface area contributed by atoms with E-state index >= 15 is 0 Å². The first-order valence-corrected chi connectivity index (χ1v) is 6.66. The summed E-state index contributed by atoms with van der Waals surface area (Å²) >= 11 is 0. The molecule has 2 heterocycles. The fourth-order valence-corrected chi connectivity index (χ4v) is 2.93. The molecule has 2 unspecified atom stereocenters. The van der Waals surface area contributed by atoms with Crippen LogP contribution in [0.1, 0.15) is 16.8 Å². The van der Waals surface area contributed by atoms with Gasteiger partial charge in [-0.2, -0.15) is 0 Å². The molecule has 0 fully saturated rings. The Morgan fingerprint density at radius 3 is 2.76 bits per heavy atom. The van der Waals surface area contributed by atoms with E-state index in [0.29, 0.717) is 16.9 Å². The predicted octanol–water partition coefficient (Wildman–Crippen LogP) is 1.59. The number of aliphatic hydroxyl groups is 1. The second-order valence-corrected chi connectivity index (χ2v) is 5.08. The van der Waals surface area contributed by atoms with Crippen LogP contribution >= 0.6 is 0 Å². The highest BCUT2D eigenvalue weighted by molar-refractivity contribution is 5.99. The summed E-state index contributed by atoms with van der Waals surface area (Å²) in [5.41, 5.74) is 0.848. The first-order chi connectivity index (χ1) is 10.1. The van der Waals surface area contributed by atoms with Crippen LogP contribution in [-0.4, -0.2) is 29.2 Å². The third kappa shape index (κ3) is 1.93. The number of ether oxygens (including phenoxy) is 1. The van der Waals surface area contributed by atoms with Gasteiger partial charge in [0.15, 0.2) is 11.7 Å². The molecule has 5 nitrogen and oxygen atoms in total. The van der Waals surface area contributed by atoms with E-state index in [1.54, 1.807) is 30.5 Å². The Balaban J connectivity index is 2.32. The fraction of sp³-hybridized carbons (Fsp3) is 0.250. The number of pyridine rings is 1. The van der Waals surface area contributed by atoms with Gasteiger partial charge in [-0.1, -0.05) is 18.2 Å². The first kappa shape index (κ1) is 13.7. The molecule has 0 bridgehead atoms. The first-order valence-electron chi connectivity index (χ1n) is 6.66. The van der Waals surface area contributed by atoms with Crippen molar-refractivity contribution < 1.29 is 14.6 Å². The number of amides is 1. The Bertz CT molecular complexity index is 687. The van der Waals surface area contributed by atoms with E-state index in [2.05, 4.69) is 10.3 Å². The zero-order valence-electron chi connectivity index (χ0n) is 11.8. The second kappa shape index (κ2) is 4.95. The molecule has 0 saturated heterocycles. The monoisotopic (exact) mass is 284 g/mol. The van der Waals surface area contributed by atoms with Crippen molar-refractivity contribution in [2.75, 3.05) is 12.4 Å². The van der Waals surface area contributed by atoms with Gasteiger partial charge in [-0.25, -0.2) is 0 Å². The van der Waals surface area contributed by atoms with Gasteiger partial charge >= 0.3 is 0 Å². The van der Waals surface area contributed by atoms with E-state index in [1.165, 1.54) is 7.11 Å². The highest BCUT2D eigenvalue weighted by Gasteiger charge is 2.51. The Labute approximate surface area is 122 Å². The molecule has 1 aromatic heterocycles. The average molecular weight is 284 g/mol. The summed E-state index contributed by atoms with van der Waals surface area (Å²) < 4.78 is 5.28. The number of aryl methyl sites for hydroxylation is 1. The van der Waals surface area contributed by atoms with Gasteiger partial charge in [0, 0.05) is 24.6 Å². The highest BCUT2D eigenvalue weighted by atomic mass is 16.5. The number of hydrogen-bond acceptors (Lipinski definition) is 4. The smallest absolute Gasteiger partial charge is 0.257 e. The molecule has 2 N–H and O–H groups in total. The van der Waals surface area contributed by atoms with Gasteiger partial charge in [0.25, 0.3) is 5.91 Å². The maximum Gasteiger partial charge on any atom is 0.257 e. The van der Waals surface area contributed by atoms with Crippen molar-refractivity contribution in [3.05, 3.63) is 59.4 Å². The van der Waals surface area contributed by atoms with Crippen LogP contribution in [0.25, 0.3) is 0 Å². The summed E-state index contributed by atoms with van der Waals surface area (Å²) in [6.45, 7) is 1.89. The van der Waals surface area contributed by atoms with E-state index in [0.717, 1.165) is 5.56 Å². The van der Waals surface area contributed by atoms with Gasteiger partial charge < -0.3 is 15.2 Å². The van der Waals surface area contributed by atoms with Crippen LogP contribution in [0.15, 0.2) is 42.6 Å². The Kier molecular flexibility index (Phi) is 3.23. The second-order valence-electron chi connectivity index (χ2n) is 5.08. The minimum Gasteiger partial charge on any atom is -0.375 e.